The van der Waals surface area contributed by atoms with Crippen LogP contribution in [0.3, 0.4) is 0 Å². The summed E-state index contributed by atoms with van der Waals surface area (Å²) in [5.41, 5.74) is -5.00. The molecule has 0 aliphatic carbocycles. The molecule has 0 spiro atoms. The number of ether oxygens (including phenoxy) is 5. The van der Waals surface area contributed by atoms with Crippen LogP contribution >= 0.6 is 22.6 Å². The maximum absolute atomic E-state index is 13.7. The van der Waals surface area contributed by atoms with Crippen LogP contribution in [-0.4, -0.2) is 105 Å². The van der Waals surface area contributed by atoms with Crippen LogP contribution in [0.4, 0.5) is 0 Å². The lowest BCUT2D eigenvalue weighted by molar-refractivity contribution is -0.328. The molecule has 11 nitrogen and oxygen atoms in total. The highest BCUT2D eigenvalue weighted by molar-refractivity contribution is 14.1. The zero-order valence-corrected chi connectivity index (χ0v) is 31.4. The molecule has 4 N–H and O–H groups in total. The van der Waals surface area contributed by atoms with Crippen LogP contribution in [0, 0.1) is 23.7 Å². The first-order valence-electron chi connectivity index (χ1n) is 16.4. The number of methoxy groups -OCH3 is 2. The summed E-state index contributed by atoms with van der Waals surface area (Å²) in [6, 6.07) is 0. The van der Waals surface area contributed by atoms with Gasteiger partial charge in [-0.25, -0.2) is 0 Å². The number of alkyl halides is 1. The summed E-state index contributed by atoms with van der Waals surface area (Å²) in [4.78, 5) is 27.2. The van der Waals surface area contributed by atoms with Crippen LogP contribution in [-0.2, 0) is 33.3 Å². The van der Waals surface area contributed by atoms with Crippen molar-refractivity contribution in [3.8, 4) is 0 Å². The summed E-state index contributed by atoms with van der Waals surface area (Å²) in [7, 11) is 3.18. The lowest BCUT2D eigenvalue weighted by atomic mass is 9.74. The van der Waals surface area contributed by atoms with Crippen LogP contribution in [0.15, 0.2) is 0 Å². The van der Waals surface area contributed by atoms with Gasteiger partial charge in [0.25, 0.3) is 0 Å². The van der Waals surface area contributed by atoms with Crippen LogP contribution in [0.5, 0.6) is 0 Å². The molecular weight excluding hydrogens is 697 g/mol. The molecule has 12 heteroatoms. The Balaban J connectivity index is 2.52. The fraction of sp³-hybridized carbons (Fsp3) is 0.939. The van der Waals surface area contributed by atoms with E-state index in [4.69, 9.17) is 23.7 Å². The molecule has 0 bridgehead atoms. The van der Waals surface area contributed by atoms with Crippen molar-refractivity contribution in [1.29, 1.82) is 0 Å². The Hall–Kier alpha value is -0.450. The number of aliphatic hydroxyl groups is 3. The summed E-state index contributed by atoms with van der Waals surface area (Å²) < 4.78 is 29.6. The van der Waals surface area contributed by atoms with E-state index in [9.17, 15) is 24.9 Å². The number of hydrogen-bond donors (Lipinski definition) is 4. The van der Waals surface area contributed by atoms with E-state index in [1.165, 1.54) is 6.92 Å². The second-order valence-electron chi connectivity index (χ2n) is 14.0. The molecule has 0 aromatic carbocycles. The topological polar surface area (TPSA) is 153 Å². The third kappa shape index (κ3) is 8.78. The average Bonchev–Trinajstić information content (AvgIpc) is 3.00. The number of carbonyl (C=O) groups excluding carboxylic acids is 2. The summed E-state index contributed by atoms with van der Waals surface area (Å²) in [5, 5.41) is 37.5. The number of cyclic esters (lactones) is 1. The highest BCUT2D eigenvalue weighted by Gasteiger charge is 2.58. The molecular formula is C33H60INO10. The van der Waals surface area contributed by atoms with Gasteiger partial charge in [0.1, 0.15) is 22.6 Å². The van der Waals surface area contributed by atoms with Crippen LogP contribution in [0.1, 0.15) is 94.4 Å². The Morgan fingerprint density at radius 2 is 1.60 bits per heavy atom. The Kier molecular flexibility index (Phi) is 14.8. The maximum atomic E-state index is 13.7. The van der Waals surface area contributed by atoms with E-state index in [0.29, 0.717) is 19.3 Å². The van der Waals surface area contributed by atoms with Gasteiger partial charge >= 0.3 is 5.97 Å². The van der Waals surface area contributed by atoms with Crippen molar-refractivity contribution in [2.75, 3.05) is 27.3 Å². The van der Waals surface area contributed by atoms with Gasteiger partial charge in [0.15, 0.2) is 10.4 Å². The molecule has 2 rings (SSSR count). The van der Waals surface area contributed by atoms with Gasteiger partial charge < -0.3 is 44.3 Å². The number of rotatable bonds is 9. The zero-order chi connectivity index (χ0) is 34.5. The van der Waals surface area contributed by atoms with Gasteiger partial charge in [-0.3, -0.25) is 9.59 Å². The summed E-state index contributed by atoms with van der Waals surface area (Å²) in [6.07, 6.45) is -1.13. The average molecular weight is 758 g/mol. The monoisotopic (exact) mass is 757 g/mol. The molecule has 2 aliphatic rings. The molecule has 13 atom stereocenters. The molecule has 0 amide bonds. The molecule has 2 heterocycles. The second kappa shape index (κ2) is 16.3. The Bertz CT molecular complexity index is 979. The number of ketones is 1. The highest BCUT2D eigenvalue weighted by Crippen LogP contribution is 2.43. The van der Waals surface area contributed by atoms with Gasteiger partial charge in [-0.1, -0.05) is 34.6 Å². The molecule has 45 heavy (non-hydrogen) atoms. The SMILES string of the molecule is CCCNC[C@@]1(O)[C@H](C)O[C@@H](O[C@H]2[C@H](C)C[C@](CC)(OC)C[C@@H](C)C(=O)[C@H](C)[C@@H](O)[C@](C)(O)[C@@H](I)OC(=O)[C@@H]2C)C[C@@]1(C)OC. The Labute approximate surface area is 283 Å². The predicted octanol–water partition coefficient (Wildman–Crippen LogP) is 3.76. The minimum atomic E-state index is -1.90. The number of nitrogens with one attached hydrogen (secondary N) is 1. The minimum absolute atomic E-state index is 0.200. The normalized spacial score (nSPS) is 46.0. The van der Waals surface area contributed by atoms with Gasteiger partial charge in [0.05, 0.1) is 29.8 Å². The second-order valence-corrected chi connectivity index (χ2v) is 15.1. The smallest absolute Gasteiger partial charge is 0.312 e. The summed E-state index contributed by atoms with van der Waals surface area (Å²) >= 11 is 1.79. The van der Waals surface area contributed by atoms with Crippen molar-refractivity contribution < 1.29 is 48.6 Å². The molecule has 264 valence electrons. The molecule has 0 saturated carbocycles. The van der Waals surface area contributed by atoms with Gasteiger partial charge in [-0.2, -0.15) is 0 Å². The van der Waals surface area contributed by atoms with Crippen LogP contribution in [0.2, 0.25) is 0 Å². The Morgan fingerprint density at radius 3 is 2.13 bits per heavy atom. The van der Waals surface area contributed by atoms with Gasteiger partial charge in [0.2, 0.25) is 0 Å². The van der Waals surface area contributed by atoms with Crippen molar-refractivity contribution in [2.24, 2.45) is 23.7 Å². The molecule has 0 aromatic rings. The summed E-state index contributed by atoms with van der Waals surface area (Å²) in [5.74, 6) is -3.28. The van der Waals surface area contributed by atoms with E-state index in [0.717, 1.165) is 13.0 Å². The maximum Gasteiger partial charge on any atom is 0.312 e. The van der Waals surface area contributed by atoms with Crippen molar-refractivity contribution in [1.82, 2.24) is 5.32 Å². The molecule has 0 aromatic heterocycles. The van der Waals surface area contributed by atoms with E-state index in [1.807, 2.05) is 27.7 Å². The van der Waals surface area contributed by atoms with Gasteiger partial charge in [-0.15, -0.1) is 0 Å². The number of halogens is 1. The minimum Gasteiger partial charge on any atom is -0.448 e. The first-order chi connectivity index (χ1) is 20.8. The first-order valence-corrected chi connectivity index (χ1v) is 17.7. The predicted molar refractivity (Wildman–Crippen MR) is 179 cm³/mol. The lowest BCUT2D eigenvalue weighted by Crippen LogP contribution is -2.70. The van der Waals surface area contributed by atoms with Crippen molar-refractivity contribution in [3.63, 3.8) is 0 Å². The highest BCUT2D eigenvalue weighted by atomic mass is 127. The van der Waals surface area contributed by atoms with Crippen LogP contribution < -0.4 is 5.32 Å². The van der Waals surface area contributed by atoms with Crippen molar-refractivity contribution in [3.05, 3.63) is 0 Å². The standard InChI is InChI=1S/C33H60INO10/c1-12-14-35-18-33(40)23(7)43-24(17-30(33,8)41-10)44-26-20(4)16-32(13-2,42-11)15-19(3)25(36)21(5)27(37)31(9,39)29(34)45-28(38)22(26)6/h19-24,26-27,29,35,37,39-40H,12-18H2,1-11H3/t19-,20-,21+,22-,23+,24+,26+,27-,29+,30-,31+,32-,33-/m1/s1. The van der Waals surface area contributed by atoms with Crippen molar-refractivity contribution in [2.45, 2.75) is 146 Å². The van der Waals surface area contributed by atoms with E-state index in [1.54, 1.807) is 57.6 Å². The fourth-order valence-electron chi connectivity index (χ4n) is 7.11. The van der Waals surface area contributed by atoms with Gasteiger partial charge in [-0.05, 0) is 88.4 Å². The molecule has 0 radical (unpaired) electrons. The number of Topliss-reactive ketones (excluding diaryl/α,β-unsaturated/α-hetero) is 1. The largest absolute Gasteiger partial charge is 0.448 e. The fourth-order valence-corrected chi connectivity index (χ4v) is 7.73. The van der Waals surface area contributed by atoms with Gasteiger partial charge in [0, 0.05) is 39.0 Å². The first kappa shape index (κ1) is 40.7. The Morgan fingerprint density at radius 1 is 0.978 bits per heavy atom. The number of hydrogen-bond acceptors (Lipinski definition) is 11. The summed E-state index contributed by atoms with van der Waals surface area (Å²) in [6.45, 7) is 17.1. The van der Waals surface area contributed by atoms with E-state index < -0.39 is 74.8 Å². The number of aliphatic hydroxyl groups excluding tert-OH is 1. The van der Waals surface area contributed by atoms with Crippen molar-refractivity contribution >= 4 is 34.3 Å². The molecule has 2 aliphatic heterocycles. The van der Waals surface area contributed by atoms with E-state index in [2.05, 4.69) is 12.2 Å². The third-order valence-electron chi connectivity index (χ3n) is 10.6. The lowest BCUT2D eigenvalue weighted by Gasteiger charge is -2.53. The third-order valence-corrected chi connectivity index (χ3v) is 12.2. The van der Waals surface area contributed by atoms with E-state index in [-0.39, 0.29) is 24.7 Å². The van der Waals surface area contributed by atoms with Crippen LogP contribution in [0.25, 0.3) is 0 Å². The molecule has 2 fully saturated rings. The number of esters is 1. The quantitative estimate of drug-likeness (QED) is 0.118. The van der Waals surface area contributed by atoms with E-state index >= 15 is 0 Å². The molecule has 2 saturated heterocycles. The number of carbonyl (C=O) groups is 2. The zero-order valence-electron chi connectivity index (χ0n) is 29.2. The molecule has 0 unspecified atom stereocenters.